The number of nitro groups is 1. The third-order valence-electron chi connectivity index (χ3n) is 4.97. The number of imidazole rings is 1. The van der Waals surface area contributed by atoms with Crippen LogP contribution in [0.15, 0.2) is 54.9 Å². The van der Waals surface area contributed by atoms with Gasteiger partial charge in [0.25, 0.3) is 0 Å². The number of benzene rings is 1. The molecule has 0 aliphatic carbocycles. The zero-order valence-corrected chi connectivity index (χ0v) is 18.4. The summed E-state index contributed by atoms with van der Waals surface area (Å²) in [6.07, 6.45) is 7.11. The van der Waals surface area contributed by atoms with E-state index >= 15 is 0 Å². The van der Waals surface area contributed by atoms with Crippen LogP contribution in [0.3, 0.4) is 0 Å². The van der Waals surface area contributed by atoms with Crippen molar-refractivity contribution < 1.29 is 4.92 Å². The second-order valence-electron chi connectivity index (χ2n) is 7.25. The van der Waals surface area contributed by atoms with Crippen LogP contribution in [-0.4, -0.2) is 37.1 Å². The summed E-state index contributed by atoms with van der Waals surface area (Å²) in [5.41, 5.74) is 10.2. The van der Waals surface area contributed by atoms with Gasteiger partial charge < -0.3 is 11.1 Å². The normalized spacial score (nSPS) is 11.0. The molecule has 3 N–H and O–H groups in total. The maximum absolute atomic E-state index is 10.9. The average Bonchev–Trinajstić information content (AvgIpc) is 3.26. The van der Waals surface area contributed by atoms with Gasteiger partial charge in [0.05, 0.1) is 10.6 Å². The molecule has 164 valence electrons. The van der Waals surface area contributed by atoms with E-state index in [0.29, 0.717) is 18.9 Å². The predicted molar refractivity (Wildman–Crippen MR) is 128 cm³/mol. The number of thioether (sulfide) groups is 1. The molecule has 0 amide bonds. The van der Waals surface area contributed by atoms with Gasteiger partial charge in [-0.25, -0.2) is 15.0 Å². The van der Waals surface area contributed by atoms with Crippen LogP contribution in [0.2, 0.25) is 0 Å². The van der Waals surface area contributed by atoms with Gasteiger partial charge in [0, 0.05) is 48.1 Å². The molecule has 0 saturated heterocycles. The smallest absolute Gasteiger partial charge is 0.311 e. The van der Waals surface area contributed by atoms with Crippen LogP contribution >= 0.6 is 11.8 Å². The zero-order valence-electron chi connectivity index (χ0n) is 17.6. The van der Waals surface area contributed by atoms with Gasteiger partial charge in [0.15, 0.2) is 0 Å². The monoisotopic (exact) mass is 449 g/mol. The predicted octanol–water partition coefficient (Wildman–Crippen LogP) is 4.19. The lowest BCUT2D eigenvalue weighted by Gasteiger charge is -2.11. The first kappa shape index (κ1) is 21.6. The number of anilines is 2. The maximum Gasteiger partial charge on any atom is 0.311 e. The van der Waals surface area contributed by atoms with Crippen LogP contribution < -0.4 is 11.1 Å². The minimum atomic E-state index is -0.528. The molecule has 9 nitrogen and oxygen atoms in total. The molecule has 0 atom stereocenters. The summed E-state index contributed by atoms with van der Waals surface area (Å²) in [4.78, 5) is 23.7. The number of aryl methyl sites for hydroxylation is 1. The second kappa shape index (κ2) is 9.65. The molecule has 0 aliphatic heterocycles. The summed E-state index contributed by atoms with van der Waals surface area (Å²) < 4.78 is 1.91. The largest absolute Gasteiger partial charge is 0.378 e. The number of nitrogens with two attached hydrogens (primary N) is 1. The Morgan fingerprint density at radius 2 is 2.09 bits per heavy atom. The van der Waals surface area contributed by atoms with Gasteiger partial charge in [-0.2, -0.15) is 11.8 Å². The van der Waals surface area contributed by atoms with Crippen molar-refractivity contribution in [3.8, 4) is 11.3 Å². The number of fused-ring (bicyclic) bond motifs is 1. The van der Waals surface area contributed by atoms with E-state index in [0.717, 1.165) is 34.8 Å². The molecular formula is C22H23N7O2S. The SMILES string of the molecule is CSCc1cccc(-c2cc3nccn3c(NCCCc3ccc([N+](=O)[O-])c(N)n3)n2)c1. The maximum atomic E-state index is 10.9. The highest BCUT2D eigenvalue weighted by atomic mass is 32.2. The number of pyridine rings is 1. The van der Waals surface area contributed by atoms with Crippen molar-refractivity contribution in [2.24, 2.45) is 0 Å². The number of hydrogen-bond donors (Lipinski definition) is 2. The molecule has 0 fully saturated rings. The van der Waals surface area contributed by atoms with Crippen LogP contribution in [0.4, 0.5) is 17.5 Å². The minimum absolute atomic E-state index is 0.0568. The molecule has 3 heterocycles. The average molecular weight is 450 g/mol. The molecule has 4 aromatic rings. The molecule has 0 bridgehead atoms. The number of nitrogens with zero attached hydrogens (tertiary/aromatic N) is 5. The molecule has 0 saturated carbocycles. The molecular weight excluding hydrogens is 426 g/mol. The standard InChI is InChI=1S/C22H23N7O2S/c1-32-14-15-4-2-5-16(12-15)18-13-20-24-10-11-28(20)22(27-18)25-9-3-6-17-7-8-19(29(30)31)21(23)26-17/h2,4-5,7-8,10-13H,3,6,9,14H2,1H3,(H2,23,26)(H,25,27). The highest BCUT2D eigenvalue weighted by molar-refractivity contribution is 7.97. The van der Waals surface area contributed by atoms with Crippen LogP contribution in [0.25, 0.3) is 16.9 Å². The summed E-state index contributed by atoms with van der Waals surface area (Å²) in [5, 5.41) is 14.3. The lowest BCUT2D eigenvalue weighted by atomic mass is 10.1. The van der Waals surface area contributed by atoms with E-state index < -0.39 is 4.92 Å². The Morgan fingerprint density at radius 3 is 2.88 bits per heavy atom. The van der Waals surface area contributed by atoms with Crippen LogP contribution in [0.5, 0.6) is 0 Å². The van der Waals surface area contributed by atoms with Crippen LogP contribution in [-0.2, 0) is 12.2 Å². The molecule has 32 heavy (non-hydrogen) atoms. The van der Waals surface area contributed by atoms with Gasteiger partial charge in [-0.05, 0) is 36.8 Å². The molecule has 1 aromatic carbocycles. The van der Waals surface area contributed by atoms with Crippen molar-refractivity contribution in [2.75, 3.05) is 23.9 Å². The highest BCUT2D eigenvalue weighted by Gasteiger charge is 2.13. The molecule has 0 aliphatic rings. The quantitative estimate of drug-likeness (QED) is 0.221. The fourth-order valence-corrected chi connectivity index (χ4v) is 3.97. The van der Waals surface area contributed by atoms with E-state index in [-0.39, 0.29) is 11.5 Å². The number of rotatable bonds is 9. The van der Waals surface area contributed by atoms with E-state index in [1.807, 2.05) is 22.7 Å². The number of nitrogen functional groups attached to an aromatic ring is 1. The summed E-state index contributed by atoms with van der Waals surface area (Å²) >= 11 is 1.78. The summed E-state index contributed by atoms with van der Waals surface area (Å²) in [5.74, 6) is 1.60. The van der Waals surface area contributed by atoms with Gasteiger partial charge in [-0.1, -0.05) is 18.2 Å². The molecule has 0 radical (unpaired) electrons. The number of aromatic nitrogens is 4. The summed E-state index contributed by atoms with van der Waals surface area (Å²) in [7, 11) is 0. The van der Waals surface area contributed by atoms with E-state index in [1.165, 1.54) is 11.6 Å². The van der Waals surface area contributed by atoms with Gasteiger partial charge in [0.2, 0.25) is 11.8 Å². The Morgan fingerprint density at radius 1 is 1.22 bits per heavy atom. The fourth-order valence-electron chi connectivity index (χ4n) is 3.46. The summed E-state index contributed by atoms with van der Waals surface area (Å²) in [6.45, 7) is 0.648. The molecule has 3 aromatic heterocycles. The van der Waals surface area contributed by atoms with Crippen molar-refractivity contribution in [3.63, 3.8) is 0 Å². The lowest BCUT2D eigenvalue weighted by molar-refractivity contribution is -0.384. The van der Waals surface area contributed by atoms with E-state index in [9.17, 15) is 10.1 Å². The van der Waals surface area contributed by atoms with Gasteiger partial charge in [-0.3, -0.25) is 14.5 Å². The number of nitrogens with one attached hydrogen (secondary N) is 1. The third kappa shape index (κ3) is 4.80. The van der Waals surface area contributed by atoms with Crippen molar-refractivity contribution in [1.82, 2.24) is 19.4 Å². The van der Waals surface area contributed by atoms with Crippen molar-refractivity contribution in [2.45, 2.75) is 18.6 Å². The van der Waals surface area contributed by atoms with Crippen molar-refractivity contribution >= 4 is 34.9 Å². The Balaban J connectivity index is 1.47. The molecule has 4 rings (SSSR count). The van der Waals surface area contributed by atoms with Gasteiger partial charge in [-0.15, -0.1) is 0 Å². The van der Waals surface area contributed by atoms with E-state index in [4.69, 9.17) is 10.7 Å². The van der Waals surface area contributed by atoms with E-state index in [1.54, 1.807) is 24.0 Å². The number of hydrogen-bond acceptors (Lipinski definition) is 8. The fraction of sp³-hybridized carbons (Fsp3) is 0.227. The first-order valence-corrected chi connectivity index (χ1v) is 11.5. The Hall–Kier alpha value is -3.66. The van der Waals surface area contributed by atoms with Crippen LogP contribution in [0.1, 0.15) is 17.7 Å². The Kier molecular flexibility index (Phi) is 6.50. The topological polar surface area (TPSA) is 124 Å². The van der Waals surface area contributed by atoms with Crippen molar-refractivity contribution in [1.29, 1.82) is 0 Å². The van der Waals surface area contributed by atoms with Gasteiger partial charge >= 0.3 is 5.69 Å². The zero-order chi connectivity index (χ0) is 22.5. The molecule has 10 heteroatoms. The van der Waals surface area contributed by atoms with Gasteiger partial charge in [0.1, 0.15) is 5.65 Å². The highest BCUT2D eigenvalue weighted by Crippen LogP contribution is 2.24. The molecule has 0 spiro atoms. The Bertz CT molecular complexity index is 1260. The Labute approximate surface area is 189 Å². The van der Waals surface area contributed by atoms with Crippen LogP contribution in [0, 0.1) is 10.1 Å². The first-order valence-electron chi connectivity index (χ1n) is 10.1. The molecule has 0 unspecified atom stereocenters. The lowest BCUT2D eigenvalue weighted by Crippen LogP contribution is -2.10. The summed E-state index contributed by atoms with van der Waals surface area (Å²) in [6, 6.07) is 13.4. The van der Waals surface area contributed by atoms with Crippen molar-refractivity contribution in [3.05, 3.63) is 76.2 Å². The minimum Gasteiger partial charge on any atom is -0.378 e. The first-order chi connectivity index (χ1) is 15.5. The third-order valence-corrected chi connectivity index (χ3v) is 5.60. The van der Waals surface area contributed by atoms with E-state index in [2.05, 4.69) is 39.7 Å². The second-order valence-corrected chi connectivity index (χ2v) is 8.11.